The molecule has 1 aliphatic rings. The van der Waals surface area contributed by atoms with Crippen molar-refractivity contribution in [2.45, 2.75) is 32.3 Å². The van der Waals surface area contributed by atoms with Crippen LogP contribution in [-0.4, -0.2) is 25.9 Å². The fourth-order valence-corrected chi connectivity index (χ4v) is 2.22. The quantitative estimate of drug-likeness (QED) is 0.769. The lowest BCUT2D eigenvalue weighted by Crippen LogP contribution is -2.19. The summed E-state index contributed by atoms with van der Waals surface area (Å²) in [6.07, 6.45) is 5.52. The van der Waals surface area contributed by atoms with E-state index in [-0.39, 0.29) is 0 Å². The highest BCUT2D eigenvalue weighted by Crippen LogP contribution is 2.28. The number of fused-ring (bicyclic) bond motifs is 1. The predicted octanol–water partition coefficient (Wildman–Crippen LogP) is 1.69. The molecule has 5 nitrogen and oxygen atoms in total. The largest absolute Gasteiger partial charge is 0.473 e. The minimum Gasteiger partial charge on any atom is -0.473 e. The van der Waals surface area contributed by atoms with E-state index in [1.807, 2.05) is 12.1 Å². The average molecular weight is 218 g/mol. The maximum atomic E-state index is 5.88. The molecule has 1 saturated carbocycles. The molecule has 0 amide bonds. The predicted molar refractivity (Wildman–Crippen MR) is 58.2 cm³/mol. The molecule has 0 radical (unpaired) electrons. The van der Waals surface area contributed by atoms with Gasteiger partial charge >= 0.3 is 0 Å². The van der Waals surface area contributed by atoms with Crippen molar-refractivity contribution in [1.82, 2.24) is 19.8 Å². The lowest BCUT2D eigenvalue weighted by Gasteiger charge is -2.16. The van der Waals surface area contributed by atoms with Crippen LogP contribution in [0, 0.1) is 5.92 Å². The van der Waals surface area contributed by atoms with Gasteiger partial charge in [-0.25, -0.2) is 0 Å². The van der Waals surface area contributed by atoms with Crippen molar-refractivity contribution in [3.05, 3.63) is 18.5 Å². The third-order valence-corrected chi connectivity index (χ3v) is 3.19. The molecule has 84 valence electrons. The normalized spacial score (nSPS) is 25.1. The summed E-state index contributed by atoms with van der Waals surface area (Å²) in [5, 5.41) is 12.0. The second kappa shape index (κ2) is 3.73. The lowest BCUT2D eigenvalue weighted by atomic mass is 10.1. The molecule has 16 heavy (non-hydrogen) atoms. The number of nitrogens with zero attached hydrogens (tertiary/aromatic N) is 4. The first-order valence-corrected chi connectivity index (χ1v) is 5.66. The standard InChI is InChI=1S/C11H14N4O/c1-8-3-2-4-9(8)16-11-6-5-10-13-12-7-15(10)14-11/h5-9H,2-4H2,1H3/t8-,9-/m1/s1. The van der Waals surface area contributed by atoms with Crippen LogP contribution < -0.4 is 4.74 Å². The Hall–Kier alpha value is -1.65. The van der Waals surface area contributed by atoms with Crippen LogP contribution in [0.4, 0.5) is 0 Å². The molecule has 1 fully saturated rings. The van der Waals surface area contributed by atoms with Crippen LogP contribution in [0.5, 0.6) is 5.88 Å². The van der Waals surface area contributed by atoms with Gasteiger partial charge in [-0.2, -0.15) is 4.52 Å². The maximum absolute atomic E-state index is 5.88. The SMILES string of the molecule is C[C@@H]1CCC[C@H]1Oc1ccc2nncn2n1. The van der Waals surface area contributed by atoms with Crippen LogP contribution in [0.3, 0.4) is 0 Å². The molecule has 0 N–H and O–H groups in total. The van der Waals surface area contributed by atoms with Crippen LogP contribution in [-0.2, 0) is 0 Å². The van der Waals surface area contributed by atoms with Crippen molar-refractivity contribution in [3.8, 4) is 5.88 Å². The third-order valence-electron chi connectivity index (χ3n) is 3.19. The molecule has 5 heteroatoms. The summed E-state index contributed by atoms with van der Waals surface area (Å²) in [5.74, 6) is 1.28. The molecule has 1 aliphatic carbocycles. The van der Waals surface area contributed by atoms with E-state index in [0.29, 0.717) is 17.9 Å². The smallest absolute Gasteiger partial charge is 0.232 e. The number of ether oxygens (including phenoxy) is 1. The van der Waals surface area contributed by atoms with Crippen molar-refractivity contribution < 1.29 is 4.74 Å². The van der Waals surface area contributed by atoms with E-state index in [4.69, 9.17) is 4.74 Å². The molecule has 2 atom stereocenters. The molecule has 3 rings (SSSR count). The van der Waals surface area contributed by atoms with E-state index >= 15 is 0 Å². The summed E-state index contributed by atoms with van der Waals surface area (Å²) in [6, 6.07) is 3.73. The molecular weight excluding hydrogens is 204 g/mol. The number of hydrogen-bond acceptors (Lipinski definition) is 4. The molecule has 0 spiro atoms. The van der Waals surface area contributed by atoms with Crippen molar-refractivity contribution in [1.29, 1.82) is 0 Å². The maximum Gasteiger partial charge on any atom is 0.232 e. The number of rotatable bonds is 2. The minimum atomic E-state index is 0.307. The fourth-order valence-electron chi connectivity index (χ4n) is 2.22. The van der Waals surface area contributed by atoms with E-state index in [1.54, 1.807) is 10.8 Å². The summed E-state index contributed by atoms with van der Waals surface area (Å²) in [5.41, 5.74) is 0.742. The Morgan fingerprint density at radius 1 is 1.38 bits per heavy atom. The monoisotopic (exact) mass is 218 g/mol. The van der Waals surface area contributed by atoms with Gasteiger partial charge in [0, 0.05) is 6.07 Å². The second-order valence-electron chi connectivity index (χ2n) is 4.37. The van der Waals surface area contributed by atoms with Gasteiger partial charge in [0.05, 0.1) is 0 Å². The highest BCUT2D eigenvalue weighted by atomic mass is 16.5. The van der Waals surface area contributed by atoms with Crippen LogP contribution >= 0.6 is 0 Å². The Morgan fingerprint density at radius 2 is 2.31 bits per heavy atom. The highest BCUT2D eigenvalue weighted by Gasteiger charge is 2.25. The number of hydrogen-bond donors (Lipinski definition) is 0. The van der Waals surface area contributed by atoms with E-state index < -0.39 is 0 Å². The average Bonchev–Trinajstić information content (AvgIpc) is 2.88. The number of aromatic nitrogens is 4. The van der Waals surface area contributed by atoms with Crippen molar-refractivity contribution in [2.75, 3.05) is 0 Å². The van der Waals surface area contributed by atoms with Crippen molar-refractivity contribution in [2.24, 2.45) is 5.92 Å². The van der Waals surface area contributed by atoms with Gasteiger partial charge in [0.25, 0.3) is 0 Å². The molecular formula is C11H14N4O. The van der Waals surface area contributed by atoms with Gasteiger partial charge in [-0.3, -0.25) is 0 Å². The van der Waals surface area contributed by atoms with Gasteiger partial charge < -0.3 is 4.74 Å². The molecule has 0 aromatic carbocycles. The Kier molecular flexibility index (Phi) is 2.23. The zero-order valence-corrected chi connectivity index (χ0v) is 9.21. The molecule has 0 aliphatic heterocycles. The summed E-state index contributed by atoms with van der Waals surface area (Å²) < 4.78 is 7.51. The summed E-state index contributed by atoms with van der Waals surface area (Å²) in [7, 11) is 0. The van der Waals surface area contributed by atoms with Gasteiger partial charge in [0.15, 0.2) is 5.65 Å². The molecule has 0 unspecified atom stereocenters. The molecule has 2 aromatic heterocycles. The molecule has 0 bridgehead atoms. The van der Waals surface area contributed by atoms with Crippen LogP contribution in [0.2, 0.25) is 0 Å². The summed E-state index contributed by atoms with van der Waals surface area (Å²) in [4.78, 5) is 0. The molecule has 2 aromatic rings. The van der Waals surface area contributed by atoms with E-state index in [0.717, 1.165) is 12.1 Å². The fraction of sp³-hybridized carbons (Fsp3) is 0.545. The van der Waals surface area contributed by atoms with Crippen LogP contribution in [0.1, 0.15) is 26.2 Å². The van der Waals surface area contributed by atoms with Crippen LogP contribution in [0.15, 0.2) is 18.5 Å². The zero-order chi connectivity index (χ0) is 11.0. The first-order chi connectivity index (χ1) is 7.83. The van der Waals surface area contributed by atoms with Crippen molar-refractivity contribution >= 4 is 5.65 Å². The Bertz CT molecular complexity index is 495. The van der Waals surface area contributed by atoms with Gasteiger partial charge in [-0.1, -0.05) is 6.92 Å². The van der Waals surface area contributed by atoms with Crippen molar-refractivity contribution in [3.63, 3.8) is 0 Å². The van der Waals surface area contributed by atoms with Gasteiger partial charge in [0.2, 0.25) is 5.88 Å². The Balaban J connectivity index is 1.83. The molecule has 2 heterocycles. The zero-order valence-electron chi connectivity index (χ0n) is 9.21. The third kappa shape index (κ3) is 1.62. The molecule has 0 saturated heterocycles. The Morgan fingerprint density at radius 3 is 3.12 bits per heavy atom. The Labute approximate surface area is 93.4 Å². The summed E-state index contributed by atoms with van der Waals surface area (Å²) in [6.45, 7) is 2.23. The first-order valence-electron chi connectivity index (χ1n) is 5.66. The highest BCUT2D eigenvalue weighted by molar-refractivity contribution is 5.35. The van der Waals surface area contributed by atoms with E-state index in [1.165, 1.54) is 12.8 Å². The van der Waals surface area contributed by atoms with Gasteiger partial charge in [-0.15, -0.1) is 15.3 Å². The van der Waals surface area contributed by atoms with Gasteiger partial charge in [0.1, 0.15) is 12.4 Å². The first kappa shape index (κ1) is 9.57. The van der Waals surface area contributed by atoms with Crippen LogP contribution in [0.25, 0.3) is 5.65 Å². The second-order valence-corrected chi connectivity index (χ2v) is 4.37. The lowest BCUT2D eigenvalue weighted by molar-refractivity contribution is 0.158. The minimum absolute atomic E-state index is 0.307. The van der Waals surface area contributed by atoms with E-state index in [9.17, 15) is 0 Å². The topological polar surface area (TPSA) is 52.3 Å². The van der Waals surface area contributed by atoms with E-state index in [2.05, 4.69) is 22.2 Å². The van der Waals surface area contributed by atoms with Gasteiger partial charge in [-0.05, 0) is 31.2 Å². The summed E-state index contributed by atoms with van der Waals surface area (Å²) >= 11 is 0.